The van der Waals surface area contributed by atoms with Crippen LogP contribution in [0.4, 0.5) is 0 Å². The van der Waals surface area contributed by atoms with E-state index < -0.39 is 16.0 Å². The highest BCUT2D eigenvalue weighted by molar-refractivity contribution is 7.80. The van der Waals surface area contributed by atoms with Gasteiger partial charge in [-0.05, 0) is 34.6 Å². The summed E-state index contributed by atoms with van der Waals surface area (Å²) in [7, 11) is -4.28. The molecule has 0 unspecified atom stereocenters. The van der Waals surface area contributed by atoms with Crippen LogP contribution in [0, 0.1) is 0 Å². The summed E-state index contributed by atoms with van der Waals surface area (Å²) in [6.07, 6.45) is 0. The highest BCUT2D eigenvalue weighted by Gasteiger charge is 2.18. The molecule has 0 fully saturated rings. The van der Waals surface area contributed by atoms with Crippen molar-refractivity contribution in [2.24, 2.45) is 0 Å². The van der Waals surface area contributed by atoms with Crippen LogP contribution in [0.2, 0.25) is 0 Å². The van der Waals surface area contributed by atoms with E-state index in [-0.39, 0.29) is 13.2 Å². The first-order valence-corrected chi connectivity index (χ1v) is 6.88. The van der Waals surface area contributed by atoms with Crippen LogP contribution in [0.15, 0.2) is 0 Å². The predicted molar refractivity (Wildman–Crippen MR) is 68.7 cm³/mol. The third-order valence-corrected chi connectivity index (χ3v) is 1.57. The molecule has 0 aliphatic carbocycles. The first kappa shape index (κ1) is 22.9. The fraction of sp³-hybridized carbons (Fsp3) is 1.00. The van der Waals surface area contributed by atoms with Gasteiger partial charge in [0.05, 0.1) is 18.8 Å². The van der Waals surface area contributed by atoms with Crippen molar-refractivity contribution in [1.29, 1.82) is 0 Å². The Labute approximate surface area is 110 Å². The van der Waals surface area contributed by atoms with Gasteiger partial charge in [0.2, 0.25) is 0 Å². The number of hydrogen-bond donors (Lipinski definition) is 3. The quantitative estimate of drug-likeness (QED) is 0.650. The molecule has 0 aromatic rings. The van der Waals surface area contributed by atoms with Gasteiger partial charge in [0.15, 0.2) is 0 Å². The number of ether oxygens (including phenoxy) is 1. The first-order chi connectivity index (χ1) is 8.04. The van der Waals surface area contributed by atoms with Crippen molar-refractivity contribution in [1.82, 2.24) is 0 Å². The molecular formula is C10H26O7S. The molecule has 0 saturated carbocycles. The predicted octanol–water partition coefficient (Wildman–Crippen LogP) is 0.618. The van der Waals surface area contributed by atoms with E-state index >= 15 is 0 Å². The van der Waals surface area contributed by atoms with Gasteiger partial charge in [0.1, 0.15) is 0 Å². The molecule has 0 atom stereocenters. The Hall–Kier alpha value is -0.250. The summed E-state index contributed by atoms with van der Waals surface area (Å²) in [5.41, 5.74) is -0.854. The van der Waals surface area contributed by atoms with Gasteiger partial charge < -0.3 is 14.9 Å². The molecule has 0 aromatic heterocycles. The van der Waals surface area contributed by atoms with Crippen LogP contribution >= 0.6 is 0 Å². The van der Waals surface area contributed by atoms with Gasteiger partial charge in [-0.1, -0.05) is 0 Å². The second-order valence-electron chi connectivity index (χ2n) is 3.85. The molecule has 0 rings (SSSR count). The molecule has 0 heterocycles. The Morgan fingerprint density at radius 3 is 1.33 bits per heavy atom. The Morgan fingerprint density at radius 1 is 1.00 bits per heavy atom. The Morgan fingerprint density at radius 2 is 1.33 bits per heavy atom. The Kier molecular flexibility index (Phi) is 16.8. The first-order valence-electron chi connectivity index (χ1n) is 5.51. The smallest absolute Gasteiger partial charge is 0.394 e. The van der Waals surface area contributed by atoms with Crippen molar-refractivity contribution in [3.05, 3.63) is 0 Å². The monoisotopic (exact) mass is 290 g/mol. The highest BCUT2D eigenvalue weighted by Crippen LogP contribution is 2.09. The van der Waals surface area contributed by atoms with Gasteiger partial charge in [-0.2, -0.15) is 8.42 Å². The van der Waals surface area contributed by atoms with Crippen LogP contribution in [0.1, 0.15) is 34.6 Å². The summed E-state index contributed by atoms with van der Waals surface area (Å²) < 4.78 is 37.0. The van der Waals surface area contributed by atoms with Crippen molar-refractivity contribution in [3.8, 4) is 0 Å². The molecule has 0 saturated heterocycles. The zero-order valence-electron chi connectivity index (χ0n) is 11.7. The largest absolute Gasteiger partial charge is 0.397 e. The molecule has 0 bridgehead atoms. The van der Waals surface area contributed by atoms with Crippen LogP contribution in [-0.4, -0.2) is 55.2 Å². The van der Waals surface area contributed by atoms with Crippen LogP contribution in [0.3, 0.4) is 0 Å². The van der Waals surface area contributed by atoms with E-state index in [0.717, 1.165) is 13.2 Å². The van der Waals surface area contributed by atoms with E-state index in [1.54, 1.807) is 0 Å². The minimum absolute atomic E-state index is 0.125. The fourth-order valence-corrected chi connectivity index (χ4v) is 1.15. The number of hydrogen-bond acceptors (Lipinski definition) is 6. The summed E-state index contributed by atoms with van der Waals surface area (Å²) in [4.78, 5) is 0. The van der Waals surface area contributed by atoms with Crippen LogP contribution in [-0.2, 0) is 19.3 Å². The van der Waals surface area contributed by atoms with Gasteiger partial charge in [0.25, 0.3) is 0 Å². The summed E-state index contributed by atoms with van der Waals surface area (Å²) in [6.45, 7) is 10.0. The normalized spacial score (nSPS) is 10.9. The van der Waals surface area contributed by atoms with Crippen LogP contribution < -0.4 is 0 Å². The average molecular weight is 290 g/mol. The molecular weight excluding hydrogens is 264 g/mol. The Bertz CT molecular complexity index is 239. The lowest BCUT2D eigenvalue weighted by Gasteiger charge is -2.14. The van der Waals surface area contributed by atoms with Crippen molar-refractivity contribution < 1.29 is 32.1 Å². The molecule has 3 N–H and O–H groups in total. The summed E-state index contributed by atoms with van der Waals surface area (Å²) in [5.74, 6) is 0. The standard InChI is InChI=1S/C4H10O4S.C4H10O.C2H6O2/c1-4(2,3)8-9(5,6)7;1-3-5-4-2;3-1-2-4/h1-3H3,(H,5,6,7);3-4H2,1-2H3;3-4H,1-2H2. The SMILES string of the molecule is CC(C)(C)OS(=O)(=O)O.CCOCC.OCCO. The maximum Gasteiger partial charge on any atom is 0.397 e. The van der Waals surface area contributed by atoms with Gasteiger partial charge in [-0.25, -0.2) is 4.18 Å². The summed E-state index contributed by atoms with van der Waals surface area (Å²) in [6, 6.07) is 0. The lowest BCUT2D eigenvalue weighted by molar-refractivity contribution is 0.119. The van der Waals surface area contributed by atoms with Crippen molar-refractivity contribution in [3.63, 3.8) is 0 Å². The third kappa shape index (κ3) is 44.8. The third-order valence-electron chi connectivity index (χ3n) is 0.864. The molecule has 0 amide bonds. The fourth-order valence-electron chi connectivity index (χ4n) is 0.520. The van der Waals surface area contributed by atoms with E-state index in [0.29, 0.717) is 0 Å². The van der Waals surface area contributed by atoms with Crippen molar-refractivity contribution in [2.45, 2.75) is 40.2 Å². The average Bonchev–Trinajstić information content (AvgIpc) is 2.15. The van der Waals surface area contributed by atoms with E-state index in [2.05, 4.69) is 4.18 Å². The molecule has 8 heteroatoms. The van der Waals surface area contributed by atoms with E-state index in [4.69, 9.17) is 19.5 Å². The molecule has 0 aliphatic rings. The molecule has 114 valence electrons. The van der Waals surface area contributed by atoms with Gasteiger partial charge >= 0.3 is 10.4 Å². The molecule has 7 nitrogen and oxygen atoms in total. The van der Waals surface area contributed by atoms with Crippen LogP contribution in [0.25, 0.3) is 0 Å². The topological polar surface area (TPSA) is 113 Å². The number of rotatable bonds is 4. The Balaban J connectivity index is -0.000000212. The van der Waals surface area contributed by atoms with E-state index in [9.17, 15) is 8.42 Å². The van der Waals surface area contributed by atoms with Gasteiger partial charge in [-0.3, -0.25) is 4.55 Å². The second-order valence-corrected chi connectivity index (χ2v) is 4.87. The van der Waals surface area contributed by atoms with Crippen molar-refractivity contribution >= 4 is 10.4 Å². The van der Waals surface area contributed by atoms with E-state index in [1.807, 2.05) is 13.8 Å². The summed E-state index contributed by atoms with van der Waals surface area (Å²) in [5, 5.41) is 15.2. The van der Waals surface area contributed by atoms with E-state index in [1.165, 1.54) is 20.8 Å². The molecule has 0 aromatic carbocycles. The molecule has 0 aliphatic heterocycles. The van der Waals surface area contributed by atoms with Gasteiger partial charge in [0, 0.05) is 13.2 Å². The summed E-state index contributed by atoms with van der Waals surface area (Å²) >= 11 is 0. The molecule has 18 heavy (non-hydrogen) atoms. The maximum absolute atomic E-state index is 9.98. The zero-order chi connectivity index (χ0) is 15.2. The molecule has 0 radical (unpaired) electrons. The van der Waals surface area contributed by atoms with Crippen molar-refractivity contribution in [2.75, 3.05) is 26.4 Å². The number of aliphatic hydroxyl groups is 2. The zero-order valence-corrected chi connectivity index (χ0v) is 12.5. The minimum atomic E-state index is -4.28. The second kappa shape index (κ2) is 13.2. The lowest BCUT2D eigenvalue weighted by atomic mass is 10.2. The van der Waals surface area contributed by atoms with Crippen LogP contribution in [0.5, 0.6) is 0 Å². The lowest BCUT2D eigenvalue weighted by Crippen LogP contribution is -2.23. The number of aliphatic hydroxyl groups excluding tert-OH is 2. The highest BCUT2D eigenvalue weighted by atomic mass is 32.3. The molecule has 0 spiro atoms. The minimum Gasteiger partial charge on any atom is -0.394 e. The maximum atomic E-state index is 9.98. The van der Waals surface area contributed by atoms with Gasteiger partial charge in [-0.15, -0.1) is 0 Å².